The third kappa shape index (κ3) is 5.87. The molecule has 0 aliphatic carbocycles. The minimum atomic E-state index is -1.28. The van der Waals surface area contributed by atoms with Gasteiger partial charge in [0.2, 0.25) is 11.8 Å². The van der Waals surface area contributed by atoms with Gasteiger partial charge in [0.25, 0.3) is 0 Å². The Hall–Kier alpha value is -3.28. The number of nitrogens with zero attached hydrogens (tertiary/aromatic N) is 1. The number of carbonyl (C=O) groups excluding carboxylic acids is 3. The van der Waals surface area contributed by atoms with Crippen LogP contribution in [0, 0.1) is 38.0 Å². The highest BCUT2D eigenvalue weighted by Gasteiger charge is 2.45. The van der Waals surface area contributed by atoms with Gasteiger partial charge < -0.3 is 15.4 Å². The largest absolute Gasteiger partial charge is 0.465 e. The van der Waals surface area contributed by atoms with E-state index in [1.54, 1.807) is 31.2 Å². The minimum absolute atomic E-state index is 0.0487. The number of ether oxygens (including phenoxy) is 1. The first-order valence-electron chi connectivity index (χ1n) is 11.0. The Morgan fingerprint density at radius 1 is 1.20 bits per heavy atom. The van der Waals surface area contributed by atoms with Crippen molar-refractivity contribution in [3.63, 3.8) is 0 Å². The molecule has 0 saturated carbocycles. The number of thioether (sulfide) groups is 1. The van der Waals surface area contributed by atoms with Crippen LogP contribution in [0.4, 0.5) is 5.69 Å². The Kier molecular flexibility index (Phi) is 8.60. The van der Waals surface area contributed by atoms with E-state index in [1.807, 2.05) is 32.9 Å². The van der Waals surface area contributed by atoms with E-state index >= 15 is 0 Å². The van der Waals surface area contributed by atoms with Crippen LogP contribution in [-0.2, 0) is 19.1 Å². The molecule has 35 heavy (non-hydrogen) atoms. The van der Waals surface area contributed by atoms with Crippen LogP contribution >= 0.6 is 23.4 Å². The van der Waals surface area contributed by atoms with Gasteiger partial charge in [0, 0.05) is 16.6 Å². The highest BCUT2D eigenvalue weighted by Crippen LogP contribution is 2.42. The van der Waals surface area contributed by atoms with E-state index in [2.05, 4.69) is 16.7 Å². The van der Waals surface area contributed by atoms with Crippen LogP contribution in [0.2, 0.25) is 5.02 Å². The average molecular weight is 512 g/mol. The normalized spacial score (nSPS) is 17.4. The maximum atomic E-state index is 13.0. The number of benzene rings is 2. The molecule has 2 aromatic carbocycles. The first-order valence-corrected chi connectivity index (χ1v) is 12.4. The molecule has 0 saturated heterocycles. The third-order valence-corrected chi connectivity index (χ3v) is 6.96. The monoisotopic (exact) mass is 511 g/mol. The number of hydrogen-bond donors (Lipinski definition) is 2. The number of allylic oxidation sites excluding steroid dienone is 1. The van der Waals surface area contributed by atoms with Gasteiger partial charge in [-0.1, -0.05) is 59.3 Å². The molecule has 2 N–H and O–H groups in total. The van der Waals surface area contributed by atoms with Gasteiger partial charge in [-0.3, -0.25) is 14.4 Å². The number of aryl methyl sites for hydroxylation is 3. The van der Waals surface area contributed by atoms with Gasteiger partial charge in [-0.2, -0.15) is 5.26 Å². The molecular weight excluding hydrogens is 486 g/mol. The third-order valence-electron chi connectivity index (χ3n) is 5.60. The topological polar surface area (TPSA) is 108 Å². The number of nitrogens with one attached hydrogen (secondary N) is 2. The molecule has 2 atom stereocenters. The first kappa shape index (κ1) is 26.3. The van der Waals surface area contributed by atoms with Gasteiger partial charge in [-0.15, -0.1) is 0 Å². The van der Waals surface area contributed by atoms with E-state index in [0.717, 1.165) is 34.1 Å². The molecule has 0 aromatic heterocycles. The molecular formula is C26H26ClN3O4S. The van der Waals surface area contributed by atoms with Gasteiger partial charge in [0.05, 0.1) is 29.0 Å². The van der Waals surface area contributed by atoms with Crippen LogP contribution in [0.3, 0.4) is 0 Å². The van der Waals surface area contributed by atoms with Crippen LogP contribution in [-0.4, -0.2) is 30.1 Å². The molecule has 0 radical (unpaired) electrons. The van der Waals surface area contributed by atoms with Crippen molar-refractivity contribution in [2.24, 2.45) is 5.92 Å². The minimum Gasteiger partial charge on any atom is -0.465 e. The second kappa shape index (κ2) is 11.4. The molecule has 182 valence electrons. The zero-order valence-corrected chi connectivity index (χ0v) is 21.5. The quantitative estimate of drug-likeness (QED) is 0.409. The molecule has 3 rings (SSSR count). The number of anilines is 1. The molecule has 9 heteroatoms. The van der Waals surface area contributed by atoms with Crippen LogP contribution in [0.15, 0.2) is 47.0 Å². The molecule has 0 spiro atoms. The molecule has 1 heterocycles. The second-order valence-electron chi connectivity index (χ2n) is 8.18. The fourth-order valence-electron chi connectivity index (χ4n) is 4.18. The lowest BCUT2D eigenvalue weighted by atomic mass is 9.78. The number of hydrogen-bond acceptors (Lipinski definition) is 6. The van der Waals surface area contributed by atoms with Gasteiger partial charge >= 0.3 is 5.97 Å². The van der Waals surface area contributed by atoms with E-state index < -0.39 is 23.7 Å². The van der Waals surface area contributed by atoms with Crippen LogP contribution < -0.4 is 10.6 Å². The van der Waals surface area contributed by atoms with Gasteiger partial charge in [0.1, 0.15) is 5.92 Å². The van der Waals surface area contributed by atoms with Gasteiger partial charge in [-0.25, -0.2) is 0 Å². The smallest absolute Gasteiger partial charge is 0.319 e. The lowest BCUT2D eigenvalue weighted by Crippen LogP contribution is -2.44. The van der Waals surface area contributed by atoms with E-state index in [0.29, 0.717) is 10.6 Å². The standard InChI is InChI=1S/C26H26ClN3O4S/c1-5-34-26(33)22-21(17-8-6-7-9-19(17)27)18(12-28)25(30-24(22)32)35-13-20(31)29-23-15(3)10-14(2)11-16(23)4/h6-11,21-22H,5,13H2,1-4H3,(H,29,31)(H,30,32)/t21-,22+/m1/s1. The number of nitriles is 1. The Bertz CT molecular complexity index is 1230. The second-order valence-corrected chi connectivity index (χ2v) is 9.58. The zero-order chi connectivity index (χ0) is 25.7. The number of carbonyl (C=O) groups is 3. The van der Waals surface area contributed by atoms with Gasteiger partial charge in [0.15, 0.2) is 0 Å². The average Bonchev–Trinajstić information content (AvgIpc) is 2.80. The molecule has 7 nitrogen and oxygen atoms in total. The lowest BCUT2D eigenvalue weighted by molar-refractivity contribution is -0.152. The van der Waals surface area contributed by atoms with E-state index in [9.17, 15) is 19.6 Å². The van der Waals surface area contributed by atoms with Crippen molar-refractivity contribution in [1.82, 2.24) is 5.32 Å². The first-order chi connectivity index (χ1) is 16.7. The molecule has 2 amide bonds. The lowest BCUT2D eigenvalue weighted by Gasteiger charge is -2.31. The van der Waals surface area contributed by atoms with Crippen LogP contribution in [0.1, 0.15) is 35.1 Å². The summed E-state index contributed by atoms with van der Waals surface area (Å²) in [5, 5.41) is 16.1. The van der Waals surface area contributed by atoms with Crippen molar-refractivity contribution >= 4 is 46.8 Å². The summed E-state index contributed by atoms with van der Waals surface area (Å²) in [6, 6.07) is 12.8. The number of halogens is 1. The number of esters is 1. The molecule has 0 bridgehead atoms. The molecule has 1 aliphatic heterocycles. The summed E-state index contributed by atoms with van der Waals surface area (Å²) in [6.07, 6.45) is 0. The maximum Gasteiger partial charge on any atom is 0.319 e. The molecule has 0 unspecified atom stereocenters. The fourth-order valence-corrected chi connectivity index (χ4v) is 5.28. The highest BCUT2D eigenvalue weighted by atomic mass is 35.5. The number of rotatable bonds is 7. The van der Waals surface area contributed by atoms with Crippen LogP contribution in [0.25, 0.3) is 0 Å². The van der Waals surface area contributed by atoms with Crippen LogP contribution in [0.5, 0.6) is 0 Å². The Morgan fingerprint density at radius 2 is 1.86 bits per heavy atom. The summed E-state index contributed by atoms with van der Waals surface area (Å²) in [7, 11) is 0. The molecule has 1 aliphatic rings. The van der Waals surface area contributed by atoms with Crippen molar-refractivity contribution in [3.05, 3.63) is 74.3 Å². The van der Waals surface area contributed by atoms with Crippen molar-refractivity contribution < 1.29 is 19.1 Å². The predicted molar refractivity (Wildman–Crippen MR) is 137 cm³/mol. The summed E-state index contributed by atoms with van der Waals surface area (Å²) >= 11 is 7.42. The Morgan fingerprint density at radius 3 is 2.46 bits per heavy atom. The fraction of sp³-hybridized carbons (Fsp3) is 0.308. The van der Waals surface area contributed by atoms with Crippen molar-refractivity contribution in [2.45, 2.75) is 33.6 Å². The van der Waals surface area contributed by atoms with E-state index in [1.165, 1.54) is 0 Å². The predicted octanol–water partition coefficient (Wildman–Crippen LogP) is 4.77. The van der Waals surface area contributed by atoms with Crippen molar-refractivity contribution in [3.8, 4) is 6.07 Å². The Balaban J connectivity index is 1.92. The molecule has 0 fully saturated rings. The summed E-state index contributed by atoms with van der Waals surface area (Å²) in [5.41, 5.74) is 4.34. The summed E-state index contributed by atoms with van der Waals surface area (Å²) < 4.78 is 5.12. The summed E-state index contributed by atoms with van der Waals surface area (Å²) in [6.45, 7) is 7.56. The summed E-state index contributed by atoms with van der Waals surface area (Å²) in [5.74, 6) is -3.90. The van der Waals surface area contributed by atoms with Crippen molar-refractivity contribution in [2.75, 3.05) is 17.7 Å². The zero-order valence-electron chi connectivity index (χ0n) is 19.9. The van der Waals surface area contributed by atoms with Gasteiger partial charge in [-0.05, 0) is 50.5 Å². The SMILES string of the molecule is CCOC(=O)[C@@H]1C(=O)NC(SCC(=O)Nc2c(C)cc(C)cc2C)=C(C#N)[C@H]1c1ccccc1Cl. The number of amides is 2. The summed E-state index contributed by atoms with van der Waals surface area (Å²) in [4.78, 5) is 38.5. The maximum absolute atomic E-state index is 13.0. The molecule has 2 aromatic rings. The van der Waals surface area contributed by atoms with E-state index in [4.69, 9.17) is 16.3 Å². The highest BCUT2D eigenvalue weighted by molar-refractivity contribution is 8.03. The van der Waals surface area contributed by atoms with E-state index in [-0.39, 0.29) is 28.9 Å². The van der Waals surface area contributed by atoms with Crippen molar-refractivity contribution in [1.29, 1.82) is 5.26 Å². The Labute approximate surface area is 213 Å².